The minimum Gasteiger partial charge on any atom is -0.337 e. The van der Waals surface area contributed by atoms with Gasteiger partial charge in [0, 0.05) is 28.4 Å². The Labute approximate surface area is 127 Å². The van der Waals surface area contributed by atoms with E-state index in [1.165, 1.54) is 0 Å². The first-order valence-electron chi connectivity index (χ1n) is 6.94. The highest BCUT2D eigenvalue weighted by molar-refractivity contribution is 5.99. The molecular formula is C17H15N3O2. The number of fused-ring (bicyclic) bond motifs is 1. The maximum atomic E-state index is 12.2. The van der Waals surface area contributed by atoms with Crippen molar-refractivity contribution >= 4 is 28.9 Å². The van der Waals surface area contributed by atoms with E-state index in [1.54, 1.807) is 16.8 Å². The highest BCUT2D eigenvalue weighted by atomic mass is 16.2. The Morgan fingerprint density at radius 1 is 1.23 bits per heavy atom. The van der Waals surface area contributed by atoms with Gasteiger partial charge in [-0.3, -0.25) is 9.59 Å². The van der Waals surface area contributed by atoms with Crippen molar-refractivity contribution in [1.29, 1.82) is 0 Å². The van der Waals surface area contributed by atoms with Crippen LogP contribution in [0.5, 0.6) is 0 Å². The molecule has 0 saturated heterocycles. The van der Waals surface area contributed by atoms with E-state index >= 15 is 0 Å². The summed E-state index contributed by atoms with van der Waals surface area (Å²) in [7, 11) is 0. The molecule has 0 atom stereocenters. The molecule has 3 aromatic rings. The van der Waals surface area contributed by atoms with Gasteiger partial charge in [0.05, 0.1) is 0 Å². The van der Waals surface area contributed by atoms with Crippen LogP contribution >= 0.6 is 0 Å². The van der Waals surface area contributed by atoms with Crippen LogP contribution in [0.3, 0.4) is 0 Å². The van der Waals surface area contributed by atoms with E-state index in [9.17, 15) is 9.59 Å². The summed E-state index contributed by atoms with van der Waals surface area (Å²) in [6.07, 6.45) is 2.50. The number of nitrogens with one attached hydrogen (secondary N) is 1. The maximum Gasteiger partial charge on any atom is 0.245 e. The first kappa shape index (κ1) is 14.0. The monoisotopic (exact) mass is 293 g/mol. The van der Waals surface area contributed by atoms with E-state index in [2.05, 4.69) is 10.3 Å². The predicted molar refractivity (Wildman–Crippen MR) is 84.9 cm³/mol. The number of aromatic nitrogens is 2. The van der Waals surface area contributed by atoms with Crippen LogP contribution in [0.4, 0.5) is 5.82 Å². The van der Waals surface area contributed by atoms with Gasteiger partial charge in [-0.25, -0.2) is 4.98 Å². The number of carbonyl (C=O) groups excluding carboxylic acids is 2. The van der Waals surface area contributed by atoms with Gasteiger partial charge in [0.15, 0.2) is 6.29 Å². The van der Waals surface area contributed by atoms with Crippen molar-refractivity contribution in [3.05, 3.63) is 59.9 Å². The number of nitrogens with zero attached hydrogens (tertiary/aromatic N) is 2. The molecule has 5 heteroatoms. The molecule has 0 fully saturated rings. The summed E-state index contributed by atoms with van der Waals surface area (Å²) in [5.74, 6) is 0.341. The van der Waals surface area contributed by atoms with Crippen molar-refractivity contribution in [3.8, 4) is 0 Å². The standard InChI is InChI=1S/C17H15N3O2/c1-12-5-4-8-16(18-12)19-17(22)10-20-9-13(11-21)14-6-2-3-7-15(14)20/h2-9,11H,10H2,1H3,(H,18,19,22). The fourth-order valence-electron chi connectivity index (χ4n) is 2.45. The van der Waals surface area contributed by atoms with Crippen molar-refractivity contribution in [2.24, 2.45) is 0 Å². The zero-order valence-electron chi connectivity index (χ0n) is 12.1. The highest BCUT2D eigenvalue weighted by Crippen LogP contribution is 2.19. The zero-order valence-corrected chi connectivity index (χ0v) is 12.1. The van der Waals surface area contributed by atoms with Gasteiger partial charge in [0.1, 0.15) is 12.4 Å². The van der Waals surface area contributed by atoms with Crippen LogP contribution < -0.4 is 5.32 Å². The van der Waals surface area contributed by atoms with Crippen LogP contribution in [0, 0.1) is 6.92 Å². The molecule has 0 bridgehead atoms. The topological polar surface area (TPSA) is 64.0 Å². The number of benzene rings is 1. The first-order valence-corrected chi connectivity index (χ1v) is 6.94. The van der Waals surface area contributed by atoms with E-state index in [-0.39, 0.29) is 12.5 Å². The number of carbonyl (C=O) groups is 2. The SMILES string of the molecule is Cc1cccc(NC(=O)Cn2cc(C=O)c3ccccc32)n1. The molecule has 1 amide bonds. The van der Waals surface area contributed by atoms with Crippen molar-refractivity contribution < 1.29 is 9.59 Å². The third kappa shape index (κ3) is 2.74. The van der Waals surface area contributed by atoms with Gasteiger partial charge in [-0.05, 0) is 25.1 Å². The number of anilines is 1. The fourth-order valence-corrected chi connectivity index (χ4v) is 2.45. The number of hydrogen-bond donors (Lipinski definition) is 1. The van der Waals surface area contributed by atoms with E-state index in [1.807, 2.05) is 43.3 Å². The molecule has 0 aliphatic rings. The molecular weight excluding hydrogens is 278 g/mol. The van der Waals surface area contributed by atoms with Gasteiger partial charge in [-0.15, -0.1) is 0 Å². The highest BCUT2D eigenvalue weighted by Gasteiger charge is 2.10. The average Bonchev–Trinajstić information content (AvgIpc) is 2.85. The van der Waals surface area contributed by atoms with E-state index in [0.717, 1.165) is 22.9 Å². The summed E-state index contributed by atoms with van der Waals surface area (Å²) in [5, 5.41) is 3.61. The molecule has 1 N–H and O–H groups in total. The summed E-state index contributed by atoms with van der Waals surface area (Å²) in [6, 6.07) is 13.0. The summed E-state index contributed by atoms with van der Waals surface area (Å²) in [5.41, 5.74) is 2.28. The third-order valence-corrected chi connectivity index (χ3v) is 3.42. The van der Waals surface area contributed by atoms with Gasteiger partial charge in [0.25, 0.3) is 0 Å². The number of pyridine rings is 1. The molecule has 0 radical (unpaired) electrons. The maximum absolute atomic E-state index is 12.2. The largest absolute Gasteiger partial charge is 0.337 e. The zero-order chi connectivity index (χ0) is 15.5. The summed E-state index contributed by atoms with van der Waals surface area (Å²) >= 11 is 0. The van der Waals surface area contributed by atoms with Gasteiger partial charge in [-0.1, -0.05) is 24.3 Å². The Hall–Kier alpha value is -2.95. The third-order valence-electron chi connectivity index (χ3n) is 3.42. The lowest BCUT2D eigenvalue weighted by Gasteiger charge is -2.07. The van der Waals surface area contributed by atoms with Crippen LogP contribution in [0.25, 0.3) is 10.9 Å². The first-order chi connectivity index (χ1) is 10.7. The normalized spacial score (nSPS) is 10.6. The average molecular weight is 293 g/mol. The number of para-hydroxylation sites is 1. The Morgan fingerprint density at radius 3 is 2.82 bits per heavy atom. The number of rotatable bonds is 4. The van der Waals surface area contributed by atoms with Gasteiger partial charge in [0.2, 0.25) is 5.91 Å². The molecule has 110 valence electrons. The van der Waals surface area contributed by atoms with Crippen molar-refractivity contribution in [3.63, 3.8) is 0 Å². The van der Waals surface area contributed by atoms with E-state index < -0.39 is 0 Å². The molecule has 0 spiro atoms. The quantitative estimate of drug-likeness (QED) is 0.752. The van der Waals surface area contributed by atoms with Crippen molar-refractivity contribution in [2.45, 2.75) is 13.5 Å². The minimum atomic E-state index is -0.184. The van der Waals surface area contributed by atoms with Gasteiger partial charge in [-0.2, -0.15) is 0 Å². The van der Waals surface area contributed by atoms with E-state index in [4.69, 9.17) is 0 Å². The second-order valence-electron chi connectivity index (χ2n) is 5.06. The Balaban J connectivity index is 1.84. The van der Waals surface area contributed by atoms with Crippen LogP contribution in [0.2, 0.25) is 0 Å². The second-order valence-corrected chi connectivity index (χ2v) is 5.06. The van der Waals surface area contributed by atoms with E-state index in [0.29, 0.717) is 11.4 Å². The van der Waals surface area contributed by atoms with Crippen LogP contribution in [0.15, 0.2) is 48.7 Å². The Bertz CT molecular complexity index is 852. The number of amides is 1. The fraction of sp³-hybridized carbons (Fsp3) is 0.118. The minimum absolute atomic E-state index is 0.129. The summed E-state index contributed by atoms with van der Waals surface area (Å²) < 4.78 is 1.77. The lowest BCUT2D eigenvalue weighted by atomic mass is 10.2. The van der Waals surface area contributed by atoms with Crippen molar-refractivity contribution in [1.82, 2.24) is 9.55 Å². The van der Waals surface area contributed by atoms with Crippen LogP contribution in [-0.2, 0) is 11.3 Å². The molecule has 0 unspecified atom stereocenters. The lowest BCUT2D eigenvalue weighted by Crippen LogP contribution is -2.19. The molecule has 2 aromatic heterocycles. The lowest BCUT2D eigenvalue weighted by molar-refractivity contribution is -0.116. The molecule has 0 saturated carbocycles. The number of aldehydes is 1. The molecule has 0 aliphatic carbocycles. The molecule has 5 nitrogen and oxygen atoms in total. The summed E-state index contributed by atoms with van der Waals surface area (Å²) in [6.45, 7) is 2.00. The van der Waals surface area contributed by atoms with Gasteiger partial charge < -0.3 is 9.88 Å². The smallest absolute Gasteiger partial charge is 0.245 e. The molecule has 22 heavy (non-hydrogen) atoms. The van der Waals surface area contributed by atoms with Crippen molar-refractivity contribution in [2.75, 3.05) is 5.32 Å². The molecule has 1 aromatic carbocycles. The van der Waals surface area contributed by atoms with Gasteiger partial charge >= 0.3 is 0 Å². The summed E-state index contributed by atoms with van der Waals surface area (Å²) in [4.78, 5) is 27.5. The van der Waals surface area contributed by atoms with Crippen LogP contribution in [0.1, 0.15) is 16.1 Å². The molecule has 3 rings (SSSR count). The van der Waals surface area contributed by atoms with Crippen LogP contribution in [-0.4, -0.2) is 21.7 Å². The second kappa shape index (κ2) is 5.81. The Kier molecular flexibility index (Phi) is 3.70. The Morgan fingerprint density at radius 2 is 2.05 bits per heavy atom. The molecule has 2 heterocycles. The predicted octanol–water partition coefficient (Wildman–Crippen LogP) is 2.80. The number of hydrogen-bond acceptors (Lipinski definition) is 3. The molecule has 0 aliphatic heterocycles. The number of aryl methyl sites for hydroxylation is 1.